The molecule has 1 unspecified atom stereocenters. The van der Waals surface area contributed by atoms with Crippen molar-refractivity contribution in [3.63, 3.8) is 0 Å². The van der Waals surface area contributed by atoms with Crippen LogP contribution in [-0.4, -0.2) is 21.3 Å². The molecule has 118 valence electrons. The Morgan fingerprint density at radius 1 is 1.30 bits per heavy atom. The Morgan fingerprint density at radius 3 is 2.96 bits per heavy atom. The number of aryl methyl sites for hydroxylation is 1. The average Bonchev–Trinajstić information content (AvgIpc) is 3.15. The van der Waals surface area contributed by atoms with E-state index in [0.717, 1.165) is 40.6 Å². The minimum absolute atomic E-state index is 0.336. The van der Waals surface area contributed by atoms with Crippen molar-refractivity contribution >= 4 is 44.3 Å². The van der Waals surface area contributed by atoms with Crippen LogP contribution < -0.4 is 4.90 Å². The fourth-order valence-corrected chi connectivity index (χ4v) is 4.18. The summed E-state index contributed by atoms with van der Waals surface area (Å²) in [5.74, 6) is 0.980. The molecule has 3 aromatic rings. The van der Waals surface area contributed by atoms with E-state index in [2.05, 4.69) is 44.3 Å². The van der Waals surface area contributed by atoms with Gasteiger partial charge in [-0.1, -0.05) is 27.5 Å². The van der Waals surface area contributed by atoms with Gasteiger partial charge in [0.2, 0.25) is 0 Å². The summed E-state index contributed by atoms with van der Waals surface area (Å²) in [6.45, 7) is 1.01. The standard InChI is InChI=1S/C17H16BrClN4/c1-22-10-12(9-20-22)15-3-2-6-23(15)16-5-4-11-7-13(18)8-14(19)17(11)21-16/h4-5,7-10,15H,2-3,6H2,1H3. The molecule has 4 rings (SSSR count). The number of anilines is 1. The van der Waals surface area contributed by atoms with Gasteiger partial charge in [-0.05, 0) is 37.1 Å². The lowest BCUT2D eigenvalue weighted by atomic mass is 10.1. The average molecular weight is 392 g/mol. The highest BCUT2D eigenvalue weighted by atomic mass is 79.9. The van der Waals surface area contributed by atoms with E-state index in [-0.39, 0.29) is 0 Å². The summed E-state index contributed by atoms with van der Waals surface area (Å²) in [6, 6.07) is 8.44. The van der Waals surface area contributed by atoms with Gasteiger partial charge >= 0.3 is 0 Å². The van der Waals surface area contributed by atoms with Crippen LogP contribution in [0.2, 0.25) is 5.02 Å². The zero-order chi connectivity index (χ0) is 16.0. The molecular weight excluding hydrogens is 376 g/mol. The number of pyridine rings is 1. The minimum Gasteiger partial charge on any atom is -0.349 e. The number of fused-ring (bicyclic) bond motifs is 1. The molecule has 1 atom stereocenters. The van der Waals surface area contributed by atoms with Crippen molar-refractivity contribution in [2.45, 2.75) is 18.9 Å². The van der Waals surface area contributed by atoms with Gasteiger partial charge in [0.15, 0.2) is 0 Å². The molecule has 2 aromatic heterocycles. The molecule has 1 aliphatic heterocycles. The van der Waals surface area contributed by atoms with E-state index in [9.17, 15) is 0 Å². The van der Waals surface area contributed by atoms with Crippen LogP contribution in [0.3, 0.4) is 0 Å². The Labute approximate surface area is 148 Å². The second-order valence-electron chi connectivity index (χ2n) is 5.93. The van der Waals surface area contributed by atoms with E-state index in [1.54, 1.807) is 0 Å². The second-order valence-corrected chi connectivity index (χ2v) is 7.25. The number of hydrogen-bond donors (Lipinski definition) is 0. The van der Waals surface area contributed by atoms with Crippen LogP contribution in [0.5, 0.6) is 0 Å². The minimum atomic E-state index is 0.336. The quantitative estimate of drug-likeness (QED) is 0.633. The SMILES string of the molecule is Cn1cc(C2CCCN2c2ccc3cc(Br)cc(Cl)c3n2)cn1. The molecule has 4 nitrogen and oxygen atoms in total. The highest BCUT2D eigenvalue weighted by Crippen LogP contribution is 2.36. The van der Waals surface area contributed by atoms with Crippen molar-refractivity contribution in [2.24, 2.45) is 7.05 Å². The summed E-state index contributed by atoms with van der Waals surface area (Å²) in [4.78, 5) is 7.18. The first-order valence-electron chi connectivity index (χ1n) is 7.63. The molecule has 0 spiro atoms. The third-order valence-electron chi connectivity index (χ3n) is 4.35. The summed E-state index contributed by atoms with van der Waals surface area (Å²) >= 11 is 9.85. The zero-order valence-electron chi connectivity index (χ0n) is 12.7. The first kappa shape index (κ1) is 15.0. The van der Waals surface area contributed by atoms with Gasteiger partial charge in [0.25, 0.3) is 0 Å². The number of nitrogens with zero attached hydrogens (tertiary/aromatic N) is 4. The van der Waals surface area contributed by atoms with Gasteiger partial charge in [0, 0.05) is 35.2 Å². The molecule has 1 fully saturated rings. The van der Waals surface area contributed by atoms with Crippen molar-refractivity contribution in [2.75, 3.05) is 11.4 Å². The summed E-state index contributed by atoms with van der Waals surface area (Å²) in [5, 5.41) is 6.03. The molecule has 23 heavy (non-hydrogen) atoms. The van der Waals surface area contributed by atoms with Crippen LogP contribution in [-0.2, 0) is 7.05 Å². The molecular formula is C17H16BrClN4. The molecule has 1 aliphatic rings. The smallest absolute Gasteiger partial charge is 0.129 e. The van der Waals surface area contributed by atoms with Crippen molar-refractivity contribution in [1.82, 2.24) is 14.8 Å². The van der Waals surface area contributed by atoms with E-state index in [4.69, 9.17) is 16.6 Å². The fraction of sp³-hybridized carbons (Fsp3) is 0.294. The highest BCUT2D eigenvalue weighted by molar-refractivity contribution is 9.10. The maximum Gasteiger partial charge on any atom is 0.129 e. The maximum absolute atomic E-state index is 6.37. The molecule has 3 heterocycles. The topological polar surface area (TPSA) is 34.0 Å². The van der Waals surface area contributed by atoms with Crippen LogP contribution in [0.1, 0.15) is 24.4 Å². The van der Waals surface area contributed by atoms with Gasteiger partial charge in [0.05, 0.1) is 22.8 Å². The summed E-state index contributed by atoms with van der Waals surface area (Å²) in [6.07, 6.45) is 6.33. The van der Waals surface area contributed by atoms with E-state index in [0.29, 0.717) is 11.1 Å². The predicted molar refractivity (Wildman–Crippen MR) is 97.0 cm³/mol. The molecule has 0 aliphatic carbocycles. The Hall–Kier alpha value is -1.59. The van der Waals surface area contributed by atoms with E-state index < -0.39 is 0 Å². The van der Waals surface area contributed by atoms with Crippen LogP contribution in [0, 0.1) is 0 Å². The third-order valence-corrected chi connectivity index (χ3v) is 5.10. The van der Waals surface area contributed by atoms with Gasteiger partial charge in [0.1, 0.15) is 5.82 Å². The number of aromatic nitrogens is 3. The Bertz CT molecular complexity index is 876. The van der Waals surface area contributed by atoms with Crippen molar-refractivity contribution in [3.8, 4) is 0 Å². The van der Waals surface area contributed by atoms with E-state index >= 15 is 0 Å². The lowest BCUT2D eigenvalue weighted by Crippen LogP contribution is -2.23. The Kier molecular flexibility index (Phi) is 3.77. The summed E-state index contributed by atoms with van der Waals surface area (Å²) in [5.41, 5.74) is 2.10. The number of hydrogen-bond acceptors (Lipinski definition) is 3. The van der Waals surface area contributed by atoms with Gasteiger partial charge in [-0.2, -0.15) is 5.10 Å². The van der Waals surface area contributed by atoms with Crippen molar-refractivity contribution in [3.05, 3.63) is 51.7 Å². The number of rotatable bonds is 2. The van der Waals surface area contributed by atoms with Crippen LogP contribution >= 0.6 is 27.5 Å². The maximum atomic E-state index is 6.37. The summed E-state index contributed by atoms with van der Waals surface area (Å²) in [7, 11) is 1.95. The first-order valence-corrected chi connectivity index (χ1v) is 8.80. The lowest BCUT2D eigenvalue weighted by molar-refractivity contribution is 0.709. The third kappa shape index (κ3) is 2.72. The molecule has 6 heteroatoms. The molecule has 0 saturated carbocycles. The number of benzene rings is 1. The summed E-state index contributed by atoms with van der Waals surface area (Å²) < 4.78 is 2.83. The lowest BCUT2D eigenvalue weighted by Gasteiger charge is -2.25. The number of halogens is 2. The predicted octanol–water partition coefficient (Wildman–Crippen LogP) is 4.73. The van der Waals surface area contributed by atoms with Gasteiger partial charge in [-0.25, -0.2) is 4.98 Å². The molecule has 0 bridgehead atoms. The van der Waals surface area contributed by atoms with E-state index in [1.807, 2.05) is 30.1 Å². The fourth-order valence-electron chi connectivity index (χ4n) is 3.31. The van der Waals surface area contributed by atoms with Crippen LogP contribution in [0.4, 0.5) is 5.82 Å². The van der Waals surface area contributed by atoms with Gasteiger partial charge in [-0.15, -0.1) is 0 Å². The van der Waals surface area contributed by atoms with E-state index in [1.165, 1.54) is 5.56 Å². The molecule has 1 aromatic carbocycles. The highest BCUT2D eigenvalue weighted by Gasteiger charge is 2.28. The van der Waals surface area contributed by atoms with Crippen molar-refractivity contribution in [1.29, 1.82) is 0 Å². The molecule has 0 radical (unpaired) electrons. The molecule has 0 N–H and O–H groups in total. The normalized spacial score (nSPS) is 18.0. The van der Waals surface area contributed by atoms with Gasteiger partial charge in [-0.3, -0.25) is 4.68 Å². The van der Waals surface area contributed by atoms with Crippen LogP contribution in [0.25, 0.3) is 10.9 Å². The van der Waals surface area contributed by atoms with Gasteiger partial charge < -0.3 is 4.90 Å². The monoisotopic (exact) mass is 390 g/mol. The Balaban J connectivity index is 1.75. The zero-order valence-corrected chi connectivity index (χ0v) is 15.0. The molecule has 1 saturated heterocycles. The first-order chi connectivity index (χ1) is 11.1. The largest absolute Gasteiger partial charge is 0.349 e. The Morgan fingerprint density at radius 2 is 2.17 bits per heavy atom. The second kappa shape index (κ2) is 5.80. The molecule has 0 amide bonds. The van der Waals surface area contributed by atoms with Crippen molar-refractivity contribution < 1.29 is 0 Å². The van der Waals surface area contributed by atoms with Crippen LogP contribution in [0.15, 0.2) is 41.1 Å².